The van der Waals surface area contributed by atoms with Crippen LogP contribution >= 0.6 is 11.5 Å². The van der Waals surface area contributed by atoms with Gasteiger partial charge in [-0.1, -0.05) is 4.49 Å². The van der Waals surface area contributed by atoms with E-state index in [0.29, 0.717) is 34.2 Å². The Balaban J connectivity index is 1.86. The summed E-state index contributed by atoms with van der Waals surface area (Å²) < 4.78 is 46.6. The molecule has 0 saturated heterocycles. The first-order valence-electron chi connectivity index (χ1n) is 9.57. The number of urea groups is 1. The molecular formula is C19H22F3N7O2S. The largest absolute Gasteiger partial charge is 0.573 e. The number of alkyl halides is 3. The van der Waals surface area contributed by atoms with Crippen LogP contribution in [0.5, 0.6) is 5.75 Å². The van der Waals surface area contributed by atoms with Crippen molar-refractivity contribution < 1.29 is 22.7 Å². The van der Waals surface area contributed by atoms with Gasteiger partial charge in [-0.25, -0.2) is 9.48 Å². The maximum absolute atomic E-state index is 12.4. The van der Waals surface area contributed by atoms with E-state index in [0.717, 1.165) is 24.5 Å². The van der Waals surface area contributed by atoms with Crippen LogP contribution in [0.25, 0.3) is 16.3 Å². The summed E-state index contributed by atoms with van der Waals surface area (Å²) >= 11 is 1.10. The summed E-state index contributed by atoms with van der Waals surface area (Å²) in [5, 5.41) is 13.9. The average Bonchev–Trinajstić information content (AvgIpc) is 3.33. The first-order chi connectivity index (χ1) is 15.1. The third kappa shape index (κ3) is 6.17. The SMILES string of the molecule is Cc1nn(-c2ccc(OC(F)(F)F)cc2)c(-c2cnns2)c1NC(=O)NCCCN(C)C. The summed E-state index contributed by atoms with van der Waals surface area (Å²) in [4.78, 5) is 15.1. The minimum atomic E-state index is -4.78. The molecule has 0 radical (unpaired) electrons. The monoisotopic (exact) mass is 469 g/mol. The number of halogens is 3. The number of ether oxygens (including phenoxy) is 1. The van der Waals surface area contributed by atoms with Gasteiger partial charge in [0.25, 0.3) is 0 Å². The van der Waals surface area contributed by atoms with Crippen molar-refractivity contribution in [2.75, 3.05) is 32.5 Å². The first kappa shape index (κ1) is 23.5. The zero-order valence-corrected chi connectivity index (χ0v) is 18.4. The van der Waals surface area contributed by atoms with Crippen molar-refractivity contribution in [3.63, 3.8) is 0 Å². The molecule has 0 spiro atoms. The zero-order chi connectivity index (χ0) is 23.3. The van der Waals surface area contributed by atoms with Gasteiger partial charge < -0.3 is 20.3 Å². The van der Waals surface area contributed by atoms with E-state index < -0.39 is 6.36 Å². The number of anilines is 1. The predicted octanol–water partition coefficient (Wildman–Crippen LogP) is 3.67. The van der Waals surface area contributed by atoms with Crippen LogP contribution in [0.4, 0.5) is 23.7 Å². The normalized spacial score (nSPS) is 11.6. The Labute approximate surface area is 186 Å². The second kappa shape index (κ2) is 9.96. The maximum atomic E-state index is 12.4. The smallest absolute Gasteiger partial charge is 0.406 e. The number of benzene rings is 1. The fraction of sp³-hybridized carbons (Fsp3) is 0.368. The average molecular weight is 469 g/mol. The van der Waals surface area contributed by atoms with Gasteiger partial charge in [0.15, 0.2) is 0 Å². The number of hydrogen-bond donors (Lipinski definition) is 2. The molecule has 3 rings (SSSR count). The van der Waals surface area contributed by atoms with Crippen LogP contribution in [0.1, 0.15) is 12.1 Å². The van der Waals surface area contributed by atoms with E-state index in [1.165, 1.54) is 35.1 Å². The van der Waals surface area contributed by atoms with E-state index in [4.69, 9.17) is 0 Å². The second-order valence-electron chi connectivity index (χ2n) is 7.08. The minimum Gasteiger partial charge on any atom is -0.406 e. The molecule has 3 aromatic rings. The lowest BCUT2D eigenvalue weighted by atomic mass is 10.2. The molecule has 1 aromatic carbocycles. The Hall–Kier alpha value is -3.19. The van der Waals surface area contributed by atoms with Crippen molar-refractivity contribution in [3.8, 4) is 22.0 Å². The summed E-state index contributed by atoms with van der Waals surface area (Å²) in [7, 11) is 3.91. The van der Waals surface area contributed by atoms with E-state index in [1.54, 1.807) is 6.92 Å². The van der Waals surface area contributed by atoms with Gasteiger partial charge in [0.05, 0.1) is 28.1 Å². The van der Waals surface area contributed by atoms with Crippen LogP contribution in [0, 0.1) is 6.92 Å². The molecule has 0 unspecified atom stereocenters. The number of aromatic nitrogens is 4. The van der Waals surface area contributed by atoms with Crippen molar-refractivity contribution in [2.45, 2.75) is 19.7 Å². The molecule has 0 aliphatic heterocycles. The Bertz CT molecular complexity index is 1030. The molecule has 9 nitrogen and oxygen atoms in total. The highest BCUT2D eigenvalue weighted by Gasteiger charge is 2.31. The van der Waals surface area contributed by atoms with Crippen molar-refractivity contribution in [3.05, 3.63) is 36.2 Å². The highest BCUT2D eigenvalue weighted by atomic mass is 32.1. The molecular weight excluding hydrogens is 447 g/mol. The molecule has 0 saturated carbocycles. The third-order valence-electron chi connectivity index (χ3n) is 4.28. The van der Waals surface area contributed by atoms with Crippen molar-refractivity contribution in [1.82, 2.24) is 29.6 Å². The minimum absolute atomic E-state index is 0.346. The van der Waals surface area contributed by atoms with Crippen molar-refractivity contribution >= 4 is 23.3 Å². The van der Waals surface area contributed by atoms with Crippen LogP contribution in [0.2, 0.25) is 0 Å². The van der Waals surface area contributed by atoms with E-state index in [2.05, 4.69) is 30.1 Å². The van der Waals surface area contributed by atoms with Crippen LogP contribution in [0.15, 0.2) is 30.5 Å². The fourth-order valence-electron chi connectivity index (χ4n) is 2.91. The molecule has 2 amide bonds. The van der Waals surface area contributed by atoms with Gasteiger partial charge >= 0.3 is 12.4 Å². The molecule has 172 valence electrons. The van der Waals surface area contributed by atoms with E-state index in [9.17, 15) is 18.0 Å². The number of aryl methyl sites for hydroxylation is 1. The number of rotatable bonds is 8. The van der Waals surface area contributed by atoms with Gasteiger partial charge in [-0.2, -0.15) is 5.10 Å². The third-order valence-corrected chi connectivity index (χ3v) is 4.95. The Kier molecular flexibility index (Phi) is 7.30. The molecule has 2 N–H and O–H groups in total. The van der Waals surface area contributed by atoms with Crippen molar-refractivity contribution in [2.24, 2.45) is 0 Å². The highest BCUT2D eigenvalue weighted by molar-refractivity contribution is 7.09. The van der Waals surface area contributed by atoms with Gasteiger partial charge in [0.2, 0.25) is 0 Å². The van der Waals surface area contributed by atoms with E-state index in [-0.39, 0.29) is 11.8 Å². The highest BCUT2D eigenvalue weighted by Crippen LogP contribution is 2.35. The molecule has 2 aromatic heterocycles. The van der Waals surface area contributed by atoms with Crippen LogP contribution in [-0.2, 0) is 0 Å². The number of nitrogens with zero attached hydrogens (tertiary/aromatic N) is 5. The van der Waals surface area contributed by atoms with Gasteiger partial charge in [-0.05, 0) is 69.8 Å². The molecule has 0 atom stereocenters. The molecule has 0 aliphatic carbocycles. The molecule has 13 heteroatoms. The fourth-order valence-corrected chi connectivity index (χ4v) is 3.46. The molecule has 0 fully saturated rings. The van der Waals surface area contributed by atoms with Gasteiger partial charge in [-0.15, -0.1) is 18.3 Å². The quantitative estimate of drug-likeness (QED) is 0.489. The summed E-state index contributed by atoms with van der Waals surface area (Å²) in [6.45, 7) is 3.05. The van der Waals surface area contributed by atoms with Gasteiger partial charge in [0.1, 0.15) is 11.4 Å². The number of carbonyl (C=O) groups excluding carboxylic acids is 1. The number of nitrogens with one attached hydrogen (secondary N) is 2. The molecule has 2 heterocycles. The van der Waals surface area contributed by atoms with E-state index >= 15 is 0 Å². The Morgan fingerprint density at radius 2 is 1.97 bits per heavy atom. The number of hydrogen-bond acceptors (Lipinski definition) is 7. The van der Waals surface area contributed by atoms with Gasteiger partial charge in [-0.3, -0.25) is 0 Å². The summed E-state index contributed by atoms with van der Waals surface area (Å²) in [5.41, 5.74) is 1.97. The number of amides is 2. The Morgan fingerprint density at radius 3 is 2.56 bits per heavy atom. The van der Waals surface area contributed by atoms with Crippen molar-refractivity contribution in [1.29, 1.82) is 0 Å². The topological polar surface area (TPSA) is 97.2 Å². The maximum Gasteiger partial charge on any atom is 0.573 e. The lowest BCUT2D eigenvalue weighted by Gasteiger charge is -2.12. The number of carbonyl (C=O) groups is 1. The first-order valence-corrected chi connectivity index (χ1v) is 10.3. The van der Waals surface area contributed by atoms with Crippen LogP contribution in [0.3, 0.4) is 0 Å². The summed E-state index contributed by atoms with van der Waals surface area (Å²) in [6.07, 6.45) is -2.46. The summed E-state index contributed by atoms with van der Waals surface area (Å²) in [6, 6.07) is 4.88. The lowest BCUT2D eigenvalue weighted by Crippen LogP contribution is -2.31. The van der Waals surface area contributed by atoms with E-state index in [1.807, 2.05) is 19.0 Å². The van der Waals surface area contributed by atoms with Gasteiger partial charge in [0, 0.05) is 6.54 Å². The summed E-state index contributed by atoms with van der Waals surface area (Å²) in [5.74, 6) is -0.346. The van der Waals surface area contributed by atoms with Crippen LogP contribution < -0.4 is 15.4 Å². The Morgan fingerprint density at radius 1 is 1.25 bits per heavy atom. The molecule has 0 aliphatic rings. The molecule has 0 bridgehead atoms. The molecule has 32 heavy (non-hydrogen) atoms. The zero-order valence-electron chi connectivity index (χ0n) is 17.6. The second-order valence-corrected chi connectivity index (χ2v) is 7.87. The lowest BCUT2D eigenvalue weighted by molar-refractivity contribution is -0.274. The predicted molar refractivity (Wildman–Crippen MR) is 114 cm³/mol. The van der Waals surface area contributed by atoms with Crippen LogP contribution in [-0.4, -0.2) is 63.8 Å². The standard InChI is InChI=1S/C19H22F3N7O2S/c1-12-16(25-18(30)23-9-4-10-28(2)3)17(15-11-24-27-32-15)29(26-12)13-5-7-14(8-6-13)31-19(20,21)22/h5-8,11H,4,9-10H2,1-3H3,(H2,23,25,30).